The van der Waals surface area contributed by atoms with Crippen molar-refractivity contribution >= 4 is 29.3 Å². The Hall–Kier alpha value is -3.86. The molecule has 1 aliphatic carbocycles. The molecule has 1 heterocycles. The van der Waals surface area contributed by atoms with Crippen LogP contribution >= 0.6 is 0 Å². The van der Waals surface area contributed by atoms with E-state index >= 15 is 0 Å². The van der Waals surface area contributed by atoms with Gasteiger partial charge in [-0.25, -0.2) is 14.0 Å². The van der Waals surface area contributed by atoms with E-state index in [-0.39, 0.29) is 43.5 Å². The molecule has 2 aromatic rings. The molecule has 42 heavy (non-hydrogen) atoms. The normalized spacial score (nSPS) is 20.2. The Kier molecular flexibility index (Phi) is 10.6. The van der Waals surface area contributed by atoms with E-state index in [0.29, 0.717) is 29.2 Å². The average Bonchev–Trinajstić information content (AvgIpc) is 3.01. The minimum atomic E-state index is -0.500. The van der Waals surface area contributed by atoms with Crippen molar-refractivity contribution in [2.24, 2.45) is 5.92 Å². The summed E-state index contributed by atoms with van der Waals surface area (Å²) in [5.41, 5.74) is 1.60. The van der Waals surface area contributed by atoms with Gasteiger partial charge < -0.3 is 35.6 Å². The summed E-state index contributed by atoms with van der Waals surface area (Å²) in [6.45, 7) is 4.06. The van der Waals surface area contributed by atoms with E-state index in [1.54, 1.807) is 37.1 Å². The highest BCUT2D eigenvalue weighted by Gasteiger charge is 2.32. The molecule has 0 aromatic heterocycles. The first kappa shape index (κ1) is 31.1. The minimum absolute atomic E-state index is 0.0275. The lowest BCUT2D eigenvalue weighted by Crippen LogP contribution is -2.48. The third-order valence-electron chi connectivity index (χ3n) is 8.01. The van der Waals surface area contributed by atoms with Crippen molar-refractivity contribution in [2.45, 2.75) is 70.6 Å². The second-order valence-electron chi connectivity index (χ2n) is 11.5. The van der Waals surface area contributed by atoms with Crippen LogP contribution in [0.4, 0.5) is 25.4 Å². The Morgan fingerprint density at radius 2 is 1.79 bits per heavy atom. The molecule has 2 aromatic carbocycles. The van der Waals surface area contributed by atoms with E-state index < -0.39 is 24.0 Å². The van der Waals surface area contributed by atoms with Crippen LogP contribution in [0.1, 0.15) is 51.5 Å². The van der Waals surface area contributed by atoms with E-state index in [0.717, 1.165) is 25.7 Å². The summed E-state index contributed by atoms with van der Waals surface area (Å²) in [5.74, 6) is -0.273. The summed E-state index contributed by atoms with van der Waals surface area (Å²) >= 11 is 0. The van der Waals surface area contributed by atoms with Crippen molar-refractivity contribution in [1.29, 1.82) is 0 Å². The molecule has 0 bridgehead atoms. The van der Waals surface area contributed by atoms with Crippen LogP contribution in [-0.2, 0) is 11.2 Å². The van der Waals surface area contributed by atoms with Gasteiger partial charge in [-0.2, -0.15) is 0 Å². The standard InChI is InChI=1S/C31H42FN5O5/c1-20-17-37(21(2)19-38)29(39)16-22-15-26(34-30(40)33-24-7-5-4-6-8-24)13-14-27(22)42-28(20)18-36(3)31(41)35-25-11-9-23(32)10-12-25/h9-15,20-21,24,28,38H,4-8,16-19H2,1-3H3,(H,35,41)(H2,33,34,40)/t20-,21-,28+/m1/s1. The number of hydrogen-bond acceptors (Lipinski definition) is 5. The topological polar surface area (TPSA) is 123 Å². The van der Waals surface area contributed by atoms with Gasteiger partial charge in [0.15, 0.2) is 0 Å². The predicted molar refractivity (Wildman–Crippen MR) is 159 cm³/mol. The quantitative estimate of drug-likeness (QED) is 0.380. The number of rotatable bonds is 7. The summed E-state index contributed by atoms with van der Waals surface area (Å²) < 4.78 is 19.7. The lowest BCUT2D eigenvalue weighted by Gasteiger charge is -2.34. The zero-order valence-corrected chi connectivity index (χ0v) is 24.6. The van der Waals surface area contributed by atoms with Crippen LogP contribution in [0.15, 0.2) is 42.5 Å². The number of likely N-dealkylation sites (N-methyl/N-ethyl adjacent to an activating group) is 1. The Balaban J connectivity index is 1.53. The smallest absolute Gasteiger partial charge is 0.321 e. The molecule has 0 saturated heterocycles. The van der Waals surface area contributed by atoms with Crippen LogP contribution in [0, 0.1) is 11.7 Å². The van der Waals surface area contributed by atoms with Gasteiger partial charge >= 0.3 is 12.1 Å². The number of halogens is 1. The summed E-state index contributed by atoms with van der Waals surface area (Å²) in [5, 5.41) is 18.6. The maximum atomic E-state index is 13.4. The minimum Gasteiger partial charge on any atom is -0.488 e. The number of carbonyl (C=O) groups is 3. The zero-order chi connectivity index (χ0) is 30.2. The fourth-order valence-electron chi connectivity index (χ4n) is 5.43. The van der Waals surface area contributed by atoms with Gasteiger partial charge in [-0.1, -0.05) is 26.2 Å². The molecule has 2 aliphatic rings. The molecule has 10 nitrogen and oxygen atoms in total. The van der Waals surface area contributed by atoms with Crippen LogP contribution in [0.25, 0.3) is 0 Å². The number of fused-ring (bicyclic) bond motifs is 1. The summed E-state index contributed by atoms with van der Waals surface area (Å²) in [7, 11) is 1.64. The molecule has 4 rings (SSSR count). The van der Waals surface area contributed by atoms with E-state index in [1.165, 1.54) is 35.6 Å². The van der Waals surface area contributed by atoms with Crippen molar-refractivity contribution in [2.75, 3.05) is 37.4 Å². The van der Waals surface area contributed by atoms with Gasteiger partial charge in [-0.3, -0.25) is 4.79 Å². The highest BCUT2D eigenvalue weighted by atomic mass is 19.1. The molecule has 3 atom stereocenters. The van der Waals surface area contributed by atoms with E-state index in [2.05, 4.69) is 16.0 Å². The molecule has 11 heteroatoms. The number of nitrogens with zero attached hydrogens (tertiary/aromatic N) is 2. The van der Waals surface area contributed by atoms with Crippen molar-refractivity contribution in [3.8, 4) is 5.75 Å². The number of hydrogen-bond donors (Lipinski definition) is 4. The van der Waals surface area contributed by atoms with Gasteiger partial charge in [0.05, 0.1) is 25.6 Å². The molecule has 1 aliphatic heterocycles. The van der Waals surface area contributed by atoms with Gasteiger partial charge in [-0.05, 0) is 62.2 Å². The van der Waals surface area contributed by atoms with Crippen LogP contribution in [-0.4, -0.2) is 77.8 Å². The molecule has 228 valence electrons. The lowest BCUT2D eigenvalue weighted by atomic mass is 9.96. The highest BCUT2D eigenvalue weighted by molar-refractivity contribution is 5.90. The lowest BCUT2D eigenvalue weighted by molar-refractivity contribution is -0.134. The van der Waals surface area contributed by atoms with Gasteiger partial charge in [0.1, 0.15) is 17.7 Å². The van der Waals surface area contributed by atoms with Crippen LogP contribution in [0.3, 0.4) is 0 Å². The van der Waals surface area contributed by atoms with Gasteiger partial charge in [0.2, 0.25) is 5.91 Å². The Morgan fingerprint density at radius 3 is 2.48 bits per heavy atom. The van der Waals surface area contributed by atoms with E-state index in [9.17, 15) is 23.9 Å². The van der Waals surface area contributed by atoms with Crippen molar-refractivity contribution < 1.29 is 28.6 Å². The Bertz CT molecular complexity index is 1240. The molecular weight excluding hydrogens is 541 g/mol. The number of aliphatic hydroxyl groups is 1. The first-order valence-corrected chi connectivity index (χ1v) is 14.7. The Labute approximate surface area is 246 Å². The third-order valence-corrected chi connectivity index (χ3v) is 8.01. The number of benzene rings is 2. The summed E-state index contributed by atoms with van der Waals surface area (Å²) in [4.78, 5) is 42.2. The average molecular weight is 584 g/mol. The van der Waals surface area contributed by atoms with Crippen LogP contribution < -0.4 is 20.7 Å². The Morgan fingerprint density at radius 1 is 1.10 bits per heavy atom. The summed E-state index contributed by atoms with van der Waals surface area (Å²) in [6, 6.07) is 9.80. The van der Waals surface area contributed by atoms with Gasteiger partial charge in [0, 0.05) is 42.5 Å². The molecule has 0 radical (unpaired) electrons. The number of ether oxygens (including phenoxy) is 1. The van der Waals surface area contributed by atoms with Gasteiger partial charge in [0.25, 0.3) is 0 Å². The number of aliphatic hydroxyl groups excluding tert-OH is 1. The molecule has 1 saturated carbocycles. The highest BCUT2D eigenvalue weighted by Crippen LogP contribution is 2.29. The van der Waals surface area contributed by atoms with Crippen LogP contribution in [0.5, 0.6) is 5.75 Å². The molecule has 4 N–H and O–H groups in total. The second kappa shape index (κ2) is 14.4. The number of anilines is 2. The third kappa shape index (κ3) is 8.34. The maximum absolute atomic E-state index is 13.4. The zero-order valence-electron chi connectivity index (χ0n) is 24.6. The SMILES string of the molecule is C[C@@H]1CN([C@H](C)CO)C(=O)Cc2cc(NC(=O)NC3CCCCC3)ccc2O[C@H]1CN(C)C(=O)Nc1ccc(F)cc1. The largest absolute Gasteiger partial charge is 0.488 e. The van der Waals surface area contributed by atoms with Crippen molar-refractivity contribution in [3.63, 3.8) is 0 Å². The van der Waals surface area contributed by atoms with Crippen molar-refractivity contribution in [3.05, 3.63) is 53.8 Å². The first-order valence-electron chi connectivity index (χ1n) is 14.7. The number of nitrogens with one attached hydrogen (secondary N) is 3. The predicted octanol–water partition coefficient (Wildman–Crippen LogP) is 4.59. The van der Waals surface area contributed by atoms with E-state index in [4.69, 9.17) is 4.74 Å². The molecule has 5 amide bonds. The molecule has 0 unspecified atom stereocenters. The molecule has 1 fully saturated rings. The first-order chi connectivity index (χ1) is 20.1. The number of amides is 5. The van der Waals surface area contributed by atoms with Crippen molar-refractivity contribution in [1.82, 2.24) is 15.1 Å². The molecule has 0 spiro atoms. The monoisotopic (exact) mass is 583 g/mol. The number of carbonyl (C=O) groups excluding carboxylic acids is 3. The van der Waals surface area contributed by atoms with Gasteiger partial charge in [-0.15, -0.1) is 0 Å². The fourth-order valence-corrected chi connectivity index (χ4v) is 5.43. The summed E-state index contributed by atoms with van der Waals surface area (Å²) in [6.07, 6.45) is 4.87. The molecular formula is C31H42FN5O5. The van der Waals surface area contributed by atoms with Crippen LogP contribution in [0.2, 0.25) is 0 Å². The maximum Gasteiger partial charge on any atom is 0.321 e. The second-order valence-corrected chi connectivity index (χ2v) is 11.5. The fraction of sp³-hybridized carbons (Fsp3) is 0.516. The number of urea groups is 2. The van der Waals surface area contributed by atoms with E-state index in [1.807, 2.05) is 6.92 Å².